The minimum Gasteiger partial charge on any atom is -0.508 e. The zero-order valence-corrected chi connectivity index (χ0v) is 13.0. The van der Waals surface area contributed by atoms with E-state index in [0.717, 1.165) is 17.5 Å². The second-order valence-corrected chi connectivity index (χ2v) is 5.37. The highest BCUT2D eigenvalue weighted by Gasteiger charge is 2.23. The summed E-state index contributed by atoms with van der Waals surface area (Å²) < 4.78 is 16.6. The van der Waals surface area contributed by atoms with E-state index in [-0.39, 0.29) is 31.7 Å². The lowest BCUT2D eigenvalue weighted by Gasteiger charge is -2.20. The average molecular weight is 316 g/mol. The first-order chi connectivity index (χ1) is 11.2. The number of ether oxygens (including phenoxy) is 3. The summed E-state index contributed by atoms with van der Waals surface area (Å²) >= 11 is 0. The predicted octanol–water partition coefficient (Wildman–Crippen LogP) is 3.03. The van der Waals surface area contributed by atoms with Crippen LogP contribution in [-0.4, -0.2) is 30.2 Å². The summed E-state index contributed by atoms with van der Waals surface area (Å²) in [7, 11) is 0. The molecule has 0 saturated carbocycles. The van der Waals surface area contributed by atoms with Crippen molar-refractivity contribution < 1.29 is 24.4 Å². The third-order valence-corrected chi connectivity index (χ3v) is 3.93. The lowest BCUT2D eigenvalue weighted by Crippen LogP contribution is -2.07. The fourth-order valence-corrected chi connectivity index (χ4v) is 2.83. The van der Waals surface area contributed by atoms with Crippen molar-refractivity contribution in [2.24, 2.45) is 0 Å². The Hall–Kier alpha value is -2.40. The summed E-state index contributed by atoms with van der Waals surface area (Å²) in [6.45, 7) is 2.47. The maximum Gasteiger partial charge on any atom is 0.231 e. The SMILES string of the molecule is CCC(c1ccc(O)cc1)c1cc2c(cc1OCCO)OCO2. The largest absolute Gasteiger partial charge is 0.508 e. The maximum absolute atomic E-state index is 9.49. The predicted molar refractivity (Wildman–Crippen MR) is 85.4 cm³/mol. The fourth-order valence-electron chi connectivity index (χ4n) is 2.83. The van der Waals surface area contributed by atoms with Gasteiger partial charge in [0.25, 0.3) is 0 Å². The molecule has 0 amide bonds. The lowest BCUT2D eigenvalue weighted by molar-refractivity contribution is 0.173. The highest BCUT2D eigenvalue weighted by Crippen LogP contribution is 2.43. The molecule has 0 saturated heterocycles. The zero-order chi connectivity index (χ0) is 16.2. The number of phenols is 1. The zero-order valence-electron chi connectivity index (χ0n) is 13.0. The van der Waals surface area contributed by atoms with Gasteiger partial charge in [-0.15, -0.1) is 0 Å². The molecule has 23 heavy (non-hydrogen) atoms. The highest BCUT2D eigenvalue weighted by molar-refractivity contribution is 5.55. The van der Waals surface area contributed by atoms with Crippen LogP contribution in [0.2, 0.25) is 0 Å². The number of aromatic hydroxyl groups is 1. The Labute approximate surface area is 135 Å². The van der Waals surface area contributed by atoms with Crippen LogP contribution in [-0.2, 0) is 0 Å². The van der Waals surface area contributed by atoms with E-state index >= 15 is 0 Å². The molecule has 1 aliphatic heterocycles. The molecule has 0 aliphatic carbocycles. The van der Waals surface area contributed by atoms with E-state index in [1.165, 1.54) is 0 Å². The number of rotatable bonds is 6. The average Bonchev–Trinajstić information content (AvgIpc) is 3.02. The van der Waals surface area contributed by atoms with E-state index in [1.54, 1.807) is 12.1 Å². The standard InChI is InChI=1S/C18H20O5/c1-2-14(12-3-5-13(20)6-4-12)15-9-17-18(23-11-22-17)10-16(15)21-8-7-19/h3-6,9-10,14,19-20H,2,7-8,11H2,1H3. The molecule has 1 atom stereocenters. The van der Waals surface area contributed by atoms with Crippen molar-refractivity contribution in [2.45, 2.75) is 19.3 Å². The Kier molecular flexibility index (Phi) is 4.57. The molecule has 122 valence electrons. The van der Waals surface area contributed by atoms with E-state index < -0.39 is 0 Å². The van der Waals surface area contributed by atoms with Crippen molar-refractivity contribution in [3.05, 3.63) is 47.5 Å². The third-order valence-electron chi connectivity index (χ3n) is 3.93. The number of hydrogen-bond acceptors (Lipinski definition) is 5. The van der Waals surface area contributed by atoms with E-state index in [1.807, 2.05) is 24.3 Å². The minimum atomic E-state index is -0.0517. The van der Waals surface area contributed by atoms with E-state index in [0.29, 0.717) is 17.2 Å². The second-order valence-electron chi connectivity index (χ2n) is 5.37. The van der Waals surface area contributed by atoms with Crippen molar-refractivity contribution in [1.82, 2.24) is 0 Å². The normalized spacial score (nSPS) is 13.8. The van der Waals surface area contributed by atoms with Crippen LogP contribution in [0.3, 0.4) is 0 Å². The molecule has 2 N–H and O–H groups in total. The number of benzene rings is 2. The Bertz CT molecular complexity index is 666. The fraction of sp³-hybridized carbons (Fsp3) is 0.333. The molecule has 2 aromatic rings. The summed E-state index contributed by atoms with van der Waals surface area (Å²) in [5.74, 6) is 2.38. The van der Waals surface area contributed by atoms with E-state index in [9.17, 15) is 5.11 Å². The van der Waals surface area contributed by atoms with Gasteiger partial charge in [-0.3, -0.25) is 0 Å². The van der Waals surface area contributed by atoms with Crippen LogP contribution < -0.4 is 14.2 Å². The van der Waals surface area contributed by atoms with Crippen molar-refractivity contribution >= 4 is 0 Å². The van der Waals surface area contributed by atoms with E-state index in [2.05, 4.69) is 6.92 Å². The van der Waals surface area contributed by atoms with E-state index in [4.69, 9.17) is 19.3 Å². The molecule has 5 nitrogen and oxygen atoms in total. The molecule has 1 unspecified atom stereocenters. The van der Waals surface area contributed by atoms with Crippen molar-refractivity contribution in [1.29, 1.82) is 0 Å². The quantitative estimate of drug-likeness (QED) is 0.857. The van der Waals surface area contributed by atoms with Crippen LogP contribution in [0.25, 0.3) is 0 Å². The highest BCUT2D eigenvalue weighted by atomic mass is 16.7. The maximum atomic E-state index is 9.49. The van der Waals surface area contributed by atoms with Gasteiger partial charge in [-0.05, 0) is 30.2 Å². The van der Waals surface area contributed by atoms with Gasteiger partial charge in [0, 0.05) is 17.5 Å². The molecule has 3 rings (SSSR count). The van der Waals surface area contributed by atoms with Gasteiger partial charge in [-0.2, -0.15) is 0 Å². The summed E-state index contributed by atoms with van der Waals surface area (Å²) in [4.78, 5) is 0. The Morgan fingerprint density at radius 2 is 1.83 bits per heavy atom. The molecule has 1 heterocycles. The number of hydrogen-bond donors (Lipinski definition) is 2. The van der Waals surface area contributed by atoms with Gasteiger partial charge in [0.05, 0.1) is 6.61 Å². The van der Waals surface area contributed by atoms with Gasteiger partial charge < -0.3 is 24.4 Å². The summed E-state index contributed by atoms with van der Waals surface area (Å²) in [6.07, 6.45) is 0.861. The summed E-state index contributed by atoms with van der Waals surface area (Å²) in [6, 6.07) is 10.9. The van der Waals surface area contributed by atoms with Crippen molar-refractivity contribution in [3.63, 3.8) is 0 Å². The van der Waals surface area contributed by atoms with Gasteiger partial charge in [0.15, 0.2) is 11.5 Å². The molecule has 1 aliphatic rings. The summed E-state index contributed by atoms with van der Waals surface area (Å²) in [5.41, 5.74) is 2.06. The molecule has 0 radical (unpaired) electrons. The molecule has 0 aromatic heterocycles. The topological polar surface area (TPSA) is 68.2 Å². The molecule has 2 aromatic carbocycles. The number of aliphatic hydroxyl groups excluding tert-OH is 1. The smallest absolute Gasteiger partial charge is 0.231 e. The van der Waals surface area contributed by atoms with Gasteiger partial charge in [0.2, 0.25) is 6.79 Å². The van der Waals surface area contributed by atoms with Gasteiger partial charge in [-0.25, -0.2) is 0 Å². The number of phenolic OH excluding ortho intramolecular Hbond substituents is 1. The molecular formula is C18H20O5. The first-order valence-electron chi connectivity index (χ1n) is 7.69. The van der Waals surface area contributed by atoms with Crippen LogP contribution >= 0.6 is 0 Å². The molecule has 0 spiro atoms. The number of aliphatic hydroxyl groups is 1. The van der Waals surface area contributed by atoms with Gasteiger partial charge in [-0.1, -0.05) is 19.1 Å². The Morgan fingerprint density at radius 1 is 1.13 bits per heavy atom. The van der Waals surface area contributed by atoms with Gasteiger partial charge in [0.1, 0.15) is 18.1 Å². The molecular weight excluding hydrogens is 296 g/mol. The van der Waals surface area contributed by atoms with Crippen molar-refractivity contribution in [2.75, 3.05) is 20.0 Å². The second kappa shape index (κ2) is 6.79. The first-order valence-corrected chi connectivity index (χ1v) is 7.69. The monoisotopic (exact) mass is 316 g/mol. The minimum absolute atomic E-state index is 0.0517. The van der Waals surface area contributed by atoms with Crippen LogP contribution in [0.15, 0.2) is 36.4 Å². The summed E-state index contributed by atoms with van der Waals surface area (Å²) in [5, 5.41) is 18.5. The third kappa shape index (κ3) is 3.19. The molecule has 0 fully saturated rings. The number of fused-ring (bicyclic) bond motifs is 1. The Morgan fingerprint density at radius 3 is 2.48 bits per heavy atom. The van der Waals surface area contributed by atoms with Crippen LogP contribution in [0.4, 0.5) is 0 Å². The van der Waals surface area contributed by atoms with Crippen LogP contribution in [0.1, 0.15) is 30.4 Å². The first kappa shape index (κ1) is 15.5. The van der Waals surface area contributed by atoms with Crippen LogP contribution in [0.5, 0.6) is 23.0 Å². The van der Waals surface area contributed by atoms with Crippen molar-refractivity contribution in [3.8, 4) is 23.0 Å². The molecule has 5 heteroatoms. The lowest BCUT2D eigenvalue weighted by atomic mass is 9.88. The van der Waals surface area contributed by atoms with Crippen LogP contribution in [0, 0.1) is 0 Å². The van der Waals surface area contributed by atoms with Gasteiger partial charge >= 0.3 is 0 Å². The Balaban J connectivity index is 2.02. The molecule has 0 bridgehead atoms.